The van der Waals surface area contributed by atoms with E-state index in [0.717, 1.165) is 12.3 Å². The van der Waals surface area contributed by atoms with Crippen LogP contribution >= 0.6 is 0 Å². The van der Waals surface area contributed by atoms with Crippen LogP contribution in [-0.2, 0) is 9.84 Å². The third-order valence-corrected chi connectivity index (χ3v) is 2.65. The van der Waals surface area contributed by atoms with Gasteiger partial charge in [-0.15, -0.1) is 0 Å². The first-order valence-electron chi connectivity index (χ1n) is 4.38. The van der Waals surface area contributed by atoms with Gasteiger partial charge in [0.2, 0.25) is 0 Å². The fourth-order valence-electron chi connectivity index (χ4n) is 1.16. The van der Waals surface area contributed by atoms with Crippen molar-refractivity contribution < 1.29 is 22.3 Å². The molecule has 0 aliphatic rings. The Hall–Kier alpha value is -1.43. The van der Waals surface area contributed by atoms with Gasteiger partial charge in [0.05, 0.1) is 7.11 Å². The monoisotopic (exact) mass is 246 g/mol. The summed E-state index contributed by atoms with van der Waals surface area (Å²) in [6, 6.07) is 3.58. The maximum Gasteiger partial charge on any atom is 0.177 e. The second kappa shape index (κ2) is 4.61. The van der Waals surface area contributed by atoms with E-state index in [1.165, 1.54) is 19.2 Å². The first-order chi connectivity index (χ1) is 7.33. The minimum Gasteiger partial charge on any atom is -0.494 e. The SMILES string of the molecule is COc1ccc(C(=O)CS(C)(=O)=O)cc1F. The van der Waals surface area contributed by atoms with E-state index < -0.39 is 27.2 Å². The molecule has 1 rings (SSSR count). The molecule has 0 aliphatic heterocycles. The molecule has 16 heavy (non-hydrogen) atoms. The van der Waals surface area contributed by atoms with Gasteiger partial charge in [0, 0.05) is 11.8 Å². The number of methoxy groups -OCH3 is 1. The van der Waals surface area contributed by atoms with E-state index >= 15 is 0 Å². The number of carbonyl (C=O) groups excluding carboxylic acids is 1. The largest absolute Gasteiger partial charge is 0.494 e. The predicted molar refractivity (Wildman–Crippen MR) is 57.0 cm³/mol. The summed E-state index contributed by atoms with van der Waals surface area (Å²) in [6.45, 7) is 0. The van der Waals surface area contributed by atoms with Crippen molar-refractivity contribution in [3.05, 3.63) is 29.6 Å². The molecule has 0 spiro atoms. The molecular weight excluding hydrogens is 235 g/mol. The third-order valence-electron chi connectivity index (χ3n) is 1.87. The maximum atomic E-state index is 13.2. The minimum atomic E-state index is -3.40. The van der Waals surface area contributed by atoms with Gasteiger partial charge >= 0.3 is 0 Å². The molecule has 1 aromatic carbocycles. The van der Waals surface area contributed by atoms with Crippen LogP contribution in [0.3, 0.4) is 0 Å². The van der Waals surface area contributed by atoms with E-state index in [0.29, 0.717) is 0 Å². The molecule has 0 aromatic heterocycles. The Balaban J connectivity index is 2.98. The van der Waals surface area contributed by atoms with Crippen LogP contribution in [0, 0.1) is 5.82 Å². The van der Waals surface area contributed by atoms with Crippen molar-refractivity contribution in [1.82, 2.24) is 0 Å². The summed E-state index contributed by atoms with van der Waals surface area (Å²) in [6.07, 6.45) is 0.949. The minimum absolute atomic E-state index is 0.0101. The third kappa shape index (κ3) is 3.30. The molecular formula is C10H11FO4S. The lowest BCUT2D eigenvalue weighted by Gasteiger charge is -2.03. The summed E-state index contributed by atoms with van der Waals surface area (Å²) in [5, 5.41) is 0. The Kier molecular flexibility index (Phi) is 3.64. The Morgan fingerprint density at radius 2 is 2.06 bits per heavy atom. The van der Waals surface area contributed by atoms with Crippen molar-refractivity contribution in [2.24, 2.45) is 0 Å². The molecule has 0 saturated carbocycles. The van der Waals surface area contributed by atoms with Crippen LogP contribution in [0.4, 0.5) is 4.39 Å². The Bertz CT molecular complexity index is 508. The van der Waals surface area contributed by atoms with Crippen molar-refractivity contribution in [3.8, 4) is 5.75 Å². The number of rotatable bonds is 4. The van der Waals surface area contributed by atoms with Gasteiger partial charge in [0.1, 0.15) is 5.75 Å². The lowest BCUT2D eigenvalue weighted by molar-refractivity contribution is 0.102. The highest BCUT2D eigenvalue weighted by Crippen LogP contribution is 2.18. The molecule has 0 aliphatic carbocycles. The number of halogens is 1. The zero-order valence-electron chi connectivity index (χ0n) is 8.86. The molecule has 0 heterocycles. The Morgan fingerprint density at radius 1 is 1.44 bits per heavy atom. The molecule has 0 unspecified atom stereocenters. The number of benzene rings is 1. The number of sulfone groups is 1. The van der Waals surface area contributed by atoms with Crippen molar-refractivity contribution in [2.75, 3.05) is 19.1 Å². The van der Waals surface area contributed by atoms with Gasteiger partial charge in [-0.25, -0.2) is 12.8 Å². The normalized spacial score (nSPS) is 11.2. The van der Waals surface area contributed by atoms with Crippen LogP contribution in [-0.4, -0.2) is 33.3 Å². The molecule has 0 fully saturated rings. The molecule has 6 heteroatoms. The smallest absolute Gasteiger partial charge is 0.177 e. The summed E-state index contributed by atoms with van der Waals surface area (Å²) in [5.74, 6) is -1.94. The zero-order chi connectivity index (χ0) is 12.3. The van der Waals surface area contributed by atoms with Crippen LogP contribution < -0.4 is 4.74 Å². The fourth-order valence-corrected chi connectivity index (χ4v) is 1.80. The van der Waals surface area contributed by atoms with Gasteiger partial charge in [-0.3, -0.25) is 4.79 Å². The van der Waals surface area contributed by atoms with Gasteiger partial charge in [0.25, 0.3) is 0 Å². The first kappa shape index (κ1) is 12.6. The quantitative estimate of drug-likeness (QED) is 0.745. The van der Waals surface area contributed by atoms with Crippen LogP contribution in [0.25, 0.3) is 0 Å². The van der Waals surface area contributed by atoms with Crippen molar-refractivity contribution in [1.29, 1.82) is 0 Å². The van der Waals surface area contributed by atoms with Crippen LogP contribution in [0.2, 0.25) is 0 Å². The summed E-state index contributed by atoms with van der Waals surface area (Å²) < 4.78 is 39.7. The molecule has 0 radical (unpaired) electrons. The van der Waals surface area contributed by atoms with E-state index in [1.54, 1.807) is 0 Å². The molecule has 88 valence electrons. The topological polar surface area (TPSA) is 60.4 Å². The molecule has 0 amide bonds. The Labute approximate surface area is 93.0 Å². The molecule has 0 saturated heterocycles. The molecule has 0 bridgehead atoms. The van der Waals surface area contributed by atoms with Crippen molar-refractivity contribution >= 4 is 15.6 Å². The summed E-state index contributed by atoms with van der Waals surface area (Å²) in [4.78, 5) is 11.4. The van der Waals surface area contributed by atoms with E-state index in [-0.39, 0.29) is 11.3 Å². The predicted octanol–water partition coefficient (Wildman–Crippen LogP) is 1.06. The van der Waals surface area contributed by atoms with Gasteiger partial charge in [0.15, 0.2) is 27.2 Å². The average Bonchev–Trinajstić information content (AvgIpc) is 2.15. The molecule has 0 N–H and O–H groups in total. The van der Waals surface area contributed by atoms with E-state index in [2.05, 4.69) is 4.74 Å². The van der Waals surface area contributed by atoms with E-state index in [9.17, 15) is 17.6 Å². The van der Waals surface area contributed by atoms with Crippen LogP contribution in [0.1, 0.15) is 10.4 Å². The number of hydrogen-bond acceptors (Lipinski definition) is 4. The highest BCUT2D eigenvalue weighted by atomic mass is 32.2. The highest BCUT2D eigenvalue weighted by Gasteiger charge is 2.15. The van der Waals surface area contributed by atoms with Crippen LogP contribution in [0.15, 0.2) is 18.2 Å². The molecule has 4 nitrogen and oxygen atoms in total. The van der Waals surface area contributed by atoms with E-state index in [1.807, 2.05) is 0 Å². The lowest BCUT2D eigenvalue weighted by atomic mass is 10.1. The number of ether oxygens (including phenoxy) is 1. The summed E-state index contributed by atoms with van der Waals surface area (Å²) >= 11 is 0. The van der Waals surface area contributed by atoms with Crippen molar-refractivity contribution in [3.63, 3.8) is 0 Å². The van der Waals surface area contributed by atoms with Gasteiger partial charge < -0.3 is 4.74 Å². The highest BCUT2D eigenvalue weighted by molar-refractivity contribution is 7.91. The average molecular weight is 246 g/mol. The first-order valence-corrected chi connectivity index (χ1v) is 6.44. The molecule has 0 atom stereocenters. The number of ketones is 1. The zero-order valence-corrected chi connectivity index (χ0v) is 9.67. The van der Waals surface area contributed by atoms with Gasteiger partial charge in [-0.2, -0.15) is 0 Å². The maximum absolute atomic E-state index is 13.2. The lowest BCUT2D eigenvalue weighted by Crippen LogP contribution is -2.14. The summed E-state index contributed by atoms with van der Waals surface area (Å²) in [7, 11) is -2.10. The number of Topliss-reactive ketones (excluding diaryl/α,β-unsaturated/α-hetero) is 1. The van der Waals surface area contributed by atoms with Gasteiger partial charge in [-0.05, 0) is 18.2 Å². The Morgan fingerprint density at radius 3 is 2.50 bits per heavy atom. The molecule has 1 aromatic rings. The number of carbonyl (C=O) groups is 1. The summed E-state index contributed by atoms with van der Waals surface area (Å²) in [5.41, 5.74) is 0.0173. The second-order valence-corrected chi connectivity index (χ2v) is 5.48. The fraction of sp³-hybridized carbons (Fsp3) is 0.300. The van der Waals surface area contributed by atoms with Crippen LogP contribution in [0.5, 0.6) is 5.75 Å². The number of hydrogen-bond donors (Lipinski definition) is 0. The van der Waals surface area contributed by atoms with E-state index in [4.69, 9.17) is 0 Å². The second-order valence-electron chi connectivity index (χ2n) is 3.34. The van der Waals surface area contributed by atoms with Crippen molar-refractivity contribution in [2.45, 2.75) is 0 Å². The van der Waals surface area contributed by atoms with Gasteiger partial charge in [-0.1, -0.05) is 0 Å². The standard InChI is InChI=1S/C10H11FO4S/c1-15-10-4-3-7(5-8(10)11)9(12)6-16(2,13)14/h3-5H,6H2,1-2H3.